The Bertz CT molecular complexity index is 336. The number of hydrogen-bond donors (Lipinski definition) is 2. The van der Waals surface area contributed by atoms with Crippen LogP contribution in [0.3, 0.4) is 0 Å². The van der Waals surface area contributed by atoms with Crippen LogP contribution in [0.1, 0.15) is 17.8 Å². The lowest BCUT2D eigenvalue weighted by Crippen LogP contribution is -2.17. The normalized spacial score (nSPS) is 9.93. The van der Waals surface area contributed by atoms with Gasteiger partial charge in [0, 0.05) is 18.7 Å². The number of nitrogens with one attached hydrogen (secondary N) is 1. The molecule has 0 aliphatic heterocycles. The highest BCUT2D eigenvalue weighted by Gasteiger charge is 2.03. The Morgan fingerprint density at radius 2 is 2.21 bits per heavy atom. The molecule has 0 radical (unpaired) electrons. The molecule has 1 aromatic heterocycles. The molecule has 0 unspecified atom stereocenters. The van der Waals surface area contributed by atoms with E-state index in [-0.39, 0.29) is 5.91 Å². The third-order valence-electron chi connectivity index (χ3n) is 1.87. The van der Waals surface area contributed by atoms with Gasteiger partial charge in [-0.1, -0.05) is 0 Å². The largest absolute Gasteiger partial charge is 0.330 e. The van der Waals surface area contributed by atoms with Crippen molar-refractivity contribution in [3.8, 4) is 0 Å². The second kappa shape index (κ2) is 4.72. The van der Waals surface area contributed by atoms with Crippen molar-refractivity contribution in [2.75, 3.05) is 11.9 Å². The predicted molar refractivity (Wildman–Crippen MR) is 56.0 cm³/mol. The molecule has 1 amide bonds. The first kappa shape index (κ1) is 10.7. The molecule has 14 heavy (non-hydrogen) atoms. The maximum Gasteiger partial charge on any atom is 0.225 e. The summed E-state index contributed by atoms with van der Waals surface area (Å²) in [5.41, 5.74) is 7.80. The Hall–Kier alpha value is -1.42. The van der Waals surface area contributed by atoms with Gasteiger partial charge in [-0.3, -0.25) is 9.78 Å². The van der Waals surface area contributed by atoms with Crippen LogP contribution in [0, 0.1) is 13.8 Å². The van der Waals surface area contributed by atoms with E-state index in [0.717, 1.165) is 17.1 Å². The lowest BCUT2D eigenvalue weighted by Gasteiger charge is -2.07. The summed E-state index contributed by atoms with van der Waals surface area (Å²) in [7, 11) is 0. The van der Waals surface area contributed by atoms with Crippen molar-refractivity contribution in [2.45, 2.75) is 20.3 Å². The summed E-state index contributed by atoms with van der Waals surface area (Å²) in [6.07, 6.45) is 0.341. The Morgan fingerprint density at radius 1 is 1.50 bits per heavy atom. The van der Waals surface area contributed by atoms with Gasteiger partial charge in [0.2, 0.25) is 5.91 Å². The Kier molecular flexibility index (Phi) is 3.59. The molecule has 0 aliphatic carbocycles. The molecule has 1 aromatic rings. The number of carbonyl (C=O) groups is 1. The van der Waals surface area contributed by atoms with E-state index in [0.29, 0.717) is 13.0 Å². The van der Waals surface area contributed by atoms with Gasteiger partial charge in [-0.15, -0.1) is 0 Å². The van der Waals surface area contributed by atoms with Crippen LogP contribution in [-0.4, -0.2) is 17.4 Å². The van der Waals surface area contributed by atoms with Gasteiger partial charge in [-0.25, -0.2) is 0 Å². The quantitative estimate of drug-likeness (QED) is 0.752. The minimum absolute atomic E-state index is 0.0683. The van der Waals surface area contributed by atoms with Crippen molar-refractivity contribution in [1.29, 1.82) is 0 Å². The zero-order valence-electron chi connectivity index (χ0n) is 8.50. The Morgan fingerprint density at radius 3 is 2.79 bits per heavy atom. The van der Waals surface area contributed by atoms with Gasteiger partial charge in [-0.05, 0) is 26.0 Å². The van der Waals surface area contributed by atoms with E-state index in [1.807, 2.05) is 26.0 Å². The number of carbonyl (C=O) groups excluding carboxylic acids is 1. The monoisotopic (exact) mass is 193 g/mol. The summed E-state index contributed by atoms with van der Waals surface area (Å²) >= 11 is 0. The van der Waals surface area contributed by atoms with Crippen LogP contribution in [0.5, 0.6) is 0 Å². The molecule has 0 atom stereocenters. The van der Waals surface area contributed by atoms with Crippen LogP contribution >= 0.6 is 0 Å². The minimum Gasteiger partial charge on any atom is -0.330 e. The van der Waals surface area contributed by atoms with E-state index in [4.69, 9.17) is 5.73 Å². The van der Waals surface area contributed by atoms with Crippen LogP contribution < -0.4 is 11.1 Å². The van der Waals surface area contributed by atoms with Crippen molar-refractivity contribution in [3.05, 3.63) is 23.5 Å². The minimum atomic E-state index is -0.0683. The molecule has 4 nitrogen and oxygen atoms in total. The van der Waals surface area contributed by atoms with Crippen molar-refractivity contribution >= 4 is 11.6 Å². The number of pyridine rings is 1. The van der Waals surface area contributed by atoms with Crippen LogP contribution in [0.2, 0.25) is 0 Å². The predicted octanol–water partition coefficient (Wildman–Crippen LogP) is 0.986. The standard InChI is InChI=1S/C10H15N3O/c1-7-3-4-9(8(2)12-7)13-10(14)5-6-11/h3-4H,5-6,11H2,1-2H3,(H,13,14). The third kappa shape index (κ3) is 2.81. The Labute approximate surface area is 83.5 Å². The van der Waals surface area contributed by atoms with Crippen molar-refractivity contribution in [2.24, 2.45) is 5.73 Å². The molecule has 0 spiro atoms. The fourth-order valence-electron chi connectivity index (χ4n) is 1.16. The molecule has 4 heteroatoms. The fourth-order valence-corrected chi connectivity index (χ4v) is 1.16. The van der Waals surface area contributed by atoms with Crippen LogP contribution in [0.4, 0.5) is 5.69 Å². The van der Waals surface area contributed by atoms with E-state index < -0.39 is 0 Å². The lowest BCUT2D eigenvalue weighted by atomic mass is 10.2. The topological polar surface area (TPSA) is 68.0 Å². The maximum atomic E-state index is 11.2. The van der Waals surface area contributed by atoms with Crippen LogP contribution in [-0.2, 0) is 4.79 Å². The zero-order valence-corrected chi connectivity index (χ0v) is 8.50. The molecule has 0 aliphatic rings. The number of hydrogen-bond acceptors (Lipinski definition) is 3. The average molecular weight is 193 g/mol. The molecule has 1 rings (SSSR count). The molecule has 0 saturated heterocycles. The van der Waals surface area contributed by atoms with E-state index in [9.17, 15) is 4.79 Å². The van der Waals surface area contributed by atoms with Gasteiger partial charge in [0.05, 0.1) is 11.4 Å². The van der Waals surface area contributed by atoms with E-state index >= 15 is 0 Å². The maximum absolute atomic E-state index is 11.2. The molecule has 0 fully saturated rings. The zero-order chi connectivity index (χ0) is 10.6. The summed E-state index contributed by atoms with van der Waals surface area (Å²) in [6, 6.07) is 3.72. The number of nitrogens with zero attached hydrogens (tertiary/aromatic N) is 1. The molecule has 0 bridgehead atoms. The van der Waals surface area contributed by atoms with Gasteiger partial charge in [0.25, 0.3) is 0 Å². The first-order valence-corrected chi connectivity index (χ1v) is 4.57. The molecule has 76 valence electrons. The summed E-state index contributed by atoms with van der Waals surface area (Å²) < 4.78 is 0. The highest BCUT2D eigenvalue weighted by molar-refractivity contribution is 5.91. The second-order valence-corrected chi connectivity index (χ2v) is 3.17. The SMILES string of the molecule is Cc1ccc(NC(=O)CCN)c(C)n1. The summed E-state index contributed by atoms with van der Waals surface area (Å²) in [4.78, 5) is 15.5. The molecular weight excluding hydrogens is 178 g/mol. The van der Waals surface area contributed by atoms with Crippen molar-refractivity contribution in [3.63, 3.8) is 0 Å². The number of amides is 1. The van der Waals surface area contributed by atoms with Gasteiger partial charge in [0.15, 0.2) is 0 Å². The van der Waals surface area contributed by atoms with Crippen molar-refractivity contribution in [1.82, 2.24) is 4.98 Å². The second-order valence-electron chi connectivity index (χ2n) is 3.17. The third-order valence-corrected chi connectivity index (χ3v) is 1.87. The van der Waals surface area contributed by atoms with Crippen molar-refractivity contribution < 1.29 is 4.79 Å². The molecule has 0 saturated carbocycles. The highest BCUT2D eigenvalue weighted by atomic mass is 16.1. The van der Waals surface area contributed by atoms with Crippen LogP contribution in [0.25, 0.3) is 0 Å². The smallest absolute Gasteiger partial charge is 0.225 e. The average Bonchev–Trinajstić information content (AvgIpc) is 2.10. The number of aromatic nitrogens is 1. The van der Waals surface area contributed by atoms with Crippen LogP contribution in [0.15, 0.2) is 12.1 Å². The molecule has 1 heterocycles. The number of rotatable bonds is 3. The fraction of sp³-hybridized carbons (Fsp3) is 0.400. The van der Waals surface area contributed by atoms with Gasteiger partial charge in [0.1, 0.15) is 0 Å². The first-order chi connectivity index (χ1) is 6.63. The first-order valence-electron chi connectivity index (χ1n) is 4.57. The molecular formula is C10H15N3O. The van der Waals surface area contributed by atoms with E-state index in [1.54, 1.807) is 0 Å². The molecule has 3 N–H and O–H groups in total. The number of nitrogens with two attached hydrogens (primary N) is 1. The van der Waals surface area contributed by atoms with E-state index in [1.165, 1.54) is 0 Å². The van der Waals surface area contributed by atoms with E-state index in [2.05, 4.69) is 10.3 Å². The van der Waals surface area contributed by atoms with Gasteiger partial charge < -0.3 is 11.1 Å². The van der Waals surface area contributed by atoms with Gasteiger partial charge >= 0.3 is 0 Å². The lowest BCUT2D eigenvalue weighted by molar-refractivity contribution is -0.116. The van der Waals surface area contributed by atoms with Gasteiger partial charge in [-0.2, -0.15) is 0 Å². The number of anilines is 1. The molecule has 0 aromatic carbocycles. The highest BCUT2D eigenvalue weighted by Crippen LogP contribution is 2.12. The summed E-state index contributed by atoms with van der Waals surface area (Å²) in [5.74, 6) is -0.0683. The summed E-state index contributed by atoms with van der Waals surface area (Å²) in [6.45, 7) is 4.15. The summed E-state index contributed by atoms with van der Waals surface area (Å²) in [5, 5.41) is 2.76. The Balaban J connectivity index is 2.72. The number of aryl methyl sites for hydroxylation is 2.